The van der Waals surface area contributed by atoms with E-state index in [4.69, 9.17) is 4.74 Å². The number of methoxy groups -OCH3 is 1. The highest BCUT2D eigenvalue weighted by Crippen LogP contribution is 2.28. The van der Waals surface area contributed by atoms with Crippen LogP contribution in [0.2, 0.25) is 0 Å². The quantitative estimate of drug-likeness (QED) is 0.586. The van der Waals surface area contributed by atoms with Crippen molar-refractivity contribution in [3.05, 3.63) is 84.4 Å². The van der Waals surface area contributed by atoms with Crippen molar-refractivity contribution in [2.45, 2.75) is 0 Å². The molecule has 4 rings (SSSR count). The SMILES string of the molecule is COc1ccc(C(=O)Nc2ccccc2-c2cn3ccccc3n2)cc1F. The zero-order chi connectivity index (χ0) is 18.8. The normalized spacial score (nSPS) is 10.7. The average Bonchev–Trinajstić information content (AvgIpc) is 3.12. The fraction of sp³-hybridized carbons (Fsp3) is 0.0476. The third-order valence-electron chi connectivity index (χ3n) is 4.23. The minimum Gasteiger partial charge on any atom is -0.494 e. The second-order valence-corrected chi connectivity index (χ2v) is 5.94. The molecule has 0 fully saturated rings. The number of hydrogen-bond donors (Lipinski definition) is 1. The van der Waals surface area contributed by atoms with Crippen molar-refractivity contribution in [2.75, 3.05) is 12.4 Å². The lowest BCUT2D eigenvalue weighted by Crippen LogP contribution is -2.13. The molecule has 4 aromatic rings. The van der Waals surface area contributed by atoms with Gasteiger partial charge in [0.2, 0.25) is 0 Å². The third kappa shape index (κ3) is 3.25. The highest BCUT2D eigenvalue weighted by Gasteiger charge is 2.14. The number of anilines is 1. The van der Waals surface area contributed by atoms with E-state index in [0.29, 0.717) is 5.69 Å². The molecule has 0 spiro atoms. The van der Waals surface area contributed by atoms with E-state index < -0.39 is 11.7 Å². The summed E-state index contributed by atoms with van der Waals surface area (Å²) in [6, 6.07) is 17.2. The Morgan fingerprint density at radius 2 is 1.93 bits per heavy atom. The van der Waals surface area contributed by atoms with Gasteiger partial charge >= 0.3 is 0 Å². The molecule has 1 amide bonds. The van der Waals surface area contributed by atoms with Gasteiger partial charge in [-0.3, -0.25) is 4.79 Å². The topological polar surface area (TPSA) is 55.6 Å². The molecule has 2 aromatic carbocycles. The zero-order valence-electron chi connectivity index (χ0n) is 14.5. The van der Waals surface area contributed by atoms with Gasteiger partial charge in [0.15, 0.2) is 11.6 Å². The lowest BCUT2D eigenvalue weighted by molar-refractivity contribution is 0.102. The average molecular weight is 361 g/mol. The van der Waals surface area contributed by atoms with Gasteiger partial charge in [-0.2, -0.15) is 0 Å². The molecule has 0 aliphatic carbocycles. The summed E-state index contributed by atoms with van der Waals surface area (Å²) in [5, 5.41) is 2.84. The fourth-order valence-corrected chi connectivity index (χ4v) is 2.88. The highest BCUT2D eigenvalue weighted by atomic mass is 19.1. The Morgan fingerprint density at radius 1 is 1.11 bits per heavy atom. The number of ether oxygens (including phenoxy) is 1. The number of fused-ring (bicyclic) bond motifs is 1. The van der Waals surface area contributed by atoms with Gasteiger partial charge in [0.05, 0.1) is 18.5 Å². The molecule has 134 valence electrons. The van der Waals surface area contributed by atoms with Crippen LogP contribution >= 0.6 is 0 Å². The molecule has 2 heterocycles. The minimum absolute atomic E-state index is 0.0941. The summed E-state index contributed by atoms with van der Waals surface area (Å²) in [5.41, 5.74) is 3.13. The van der Waals surface area contributed by atoms with Gasteiger partial charge in [-0.15, -0.1) is 0 Å². The summed E-state index contributed by atoms with van der Waals surface area (Å²) >= 11 is 0. The number of para-hydroxylation sites is 1. The van der Waals surface area contributed by atoms with E-state index >= 15 is 0 Å². The second kappa shape index (κ2) is 6.92. The Hall–Kier alpha value is -3.67. The number of imidazole rings is 1. The number of carbonyl (C=O) groups is 1. The predicted octanol–water partition coefficient (Wildman–Crippen LogP) is 4.40. The molecule has 0 aliphatic heterocycles. The predicted molar refractivity (Wildman–Crippen MR) is 102 cm³/mol. The molecule has 0 atom stereocenters. The summed E-state index contributed by atoms with van der Waals surface area (Å²) in [6.07, 6.45) is 3.81. The Kier molecular flexibility index (Phi) is 4.30. The van der Waals surface area contributed by atoms with Crippen LogP contribution in [0.4, 0.5) is 10.1 Å². The zero-order valence-corrected chi connectivity index (χ0v) is 14.5. The summed E-state index contributed by atoms with van der Waals surface area (Å²) in [6.45, 7) is 0. The van der Waals surface area contributed by atoms with E-state index in [1.165, 1.54) is 19.2 Å². The lowest BCUT2D eigenvalue weighted by atomic mass is 10.1. The monoisotopic (exact) mass is 361 g/mol. The van der Waals surface area contributed by atoms with Crippen molar-refractivity contribution in [2.24, 2.45) is 0 Å². The largest absolute Gasteiger partial charge is 0.494 e. The van der Waals surface area contributed by atoms with Gasteiger partial charge in [-0.25, -0.2) is 9.37 Å². The van der Waals surface area contributed by atoms with Gasteiger partial charge in [0, 0.05) is 23.5 Å². The first-order chi connectivity index (χ1) is 13.2. The first-order valence-electron chi connectivity index (χ1n) is 8.34. The van der Waals surface area contributed by atoms with Crippen molar-refractivity contribution >= 4 is 17.2 Å². The standard InChI is InChI=1S/C21H16FN3O2/c1-27-19-10-9-14(12-16(19)22)21(26)24-17-7-3-2-6-15(17)18-13-25-11-5-4-8-20(25)23-18/h2-13H,1H3,(H,24,26). The van der Waals surface area contributed by atoms with Crippen LogP contribution in [0.25, 0.3) is 16.9 Å². The lowest BCUT2D eigenvalue weighted by Gasteiger charge is -2.10. The Bertz CT molecular complexity index is 1100. The fourth-order valence-electron chi connectivity index (χ4n) is 2.88. The van der Waals surface area contributed by atoms with Crippen molar-refractivity contribution in [1.29, 1.82) is 0 Å². The molecule has 0 unspecified atom stereocenters. The Labute approximate surface area is 155 Å². The Morgan fingerprint density at radius 3 is 2.70 bits per heavy atom. The molecular weight excluding hydrogens is 345 g/mol. The molecular formula is C21H16FN3O2. The molecule has 6 heteroatoms. The summed E-state index contributed by atoms with van der Waals surface area (Å²) < 4.78 is 20.7. The molecule has 1 N–H and O–H groups in total. The van der Waals surface area contributed by atoms with Gasteiger partial charge in [0.25, 0.3) is 5.91 Å². The minimum atomic E-state index is -0.584. The Balaban J connectivity index is 1.67. The maximum absolute atomic E-state index is 13.9. The smallest absolute Gasteiger partial charge is 0.255 e. The molecule has 2 aromatic heterocycles. The van der Waals surface area contributed by atoms with E-state index in [0.717, 1.165) is 23.0 Å². The van der Waals surface area contributed by atoms with Crippen molar-refractivity contribution < 1.29 is 13.9 Å². The first kappa shape index (κ1) is 16.8. The van der Waals surface area contributed by atoms with Crippen LogP contribution in [-0.2, 0) is 0 Å². The van der Waals surface area contributed by atoms with Crippen molar-refractivity contribution in [3.8, 4) is 17.0 Å². The van der Waals surface area contributed by atoms with Crippen LogP contribution in [-0.4, -0.2) is 22.4 Å². The number of amides is 1. The molecule has 0 radical (unpaired) electrons. The number of aromatic nitrogens is 2. The maximum Gasteiger partial charge on any atom is 0.255 e. The van der Waals surface area contributed by atoms with Crippen LogP contribution in [0, 0.1) is 5.82 Å². The van der Waals surface area contributed by atoms with Crippen molar-refractivity contribution in [3.63, 3.8) is 0 Å². The van der Waals surface area contributed by atoms with Crippen LogP contribution in [0.1, 0.15) is 10.4 Å². The molecule has 0 saturated carbocycles. The van der Waals surface area contributed by atoms with Crippen LogP contribution < -0.4 is 10.1 Å². The number of halogens is 1. The van der Waals surface area contributed by atoms with E-state index in [9.17, 15) is 9.18 Å². The van der Waals surface area contributed by atoms with E-state index in [1.807, 2.05) is 53.2 Å². The molecule has 0 bridgehead atoms. The molecule has 0 aliphatic rings. The van der Waals surface area contributed by atoms with E-state index in [2.05, 4.69) is 10.3 Å². The van der Waals surface area contributed by atoms with Crippen LogP contribution in [0.15, 0.2) is 73.1 Å². The maximum atomic E-state index is 13.9. The summed E-state index contributed by atoms with van der Waals surface area (Å²) in [7, 11) is 1.38. The highest BCUT2D eigenvalue weighted by molar-refractivity contribution is 6.06. The van der Waals surface area contributed by atoms with Crippen LogP contribution in [0.5, 0.6) is 5.75 Å². The number of benzene rings is 2. The summed E-state index contributed by atoms with van der Waals surface area (Å²) in [4.78, 5) is 17.2. The number of nitrogens with one attached hydrogen (secondary N) is 1. The second-order valence-electron chi connectivity index (χ2n) is 5.94. The van der Waals surface area contributed by atoms with Gasteiger partial charge < -0.3 is 14.5 Å². The molecule has 5 nitrogen and oxygen atoms in total. The van der Waals surface area contributed by atoms with E-state index in [1.54, 1.807) is 6.07 Å². The van der Waals surface area contributed by atoms with Gasteiger partial charge in [-0.05, 0) is 36.4 Å². The third-order valence-corrected chi connectivity index (χ3v) is 4.23. The molecule has 0 saturated heterocycles. The summed E-state index contributed by atoms with van der Waals surface area (Å²) in [5.74, 6) is -0.900. The number of hydrogen-bond acceptors (Lipinski definition) is 3. The van der Waals surface area contributed by atoms with Crippen LogP contribution in [0.3, 0.4) is 0 Å². The first-order valence-corrected chi connectivity index (χ1v) is 8.34. The number of nitrogens with zero attached hydrogens (tertiary/aromatic N) is 2. The van der Waals surface area contributed by atoms with Gasteiger partial charge in [-0.1, -0.05) is 24.3 Å². The van der Waals surface area contributed by atoms with Gasteiger partial charge in [0.1, 0.15) is 5.65 Å². The van der Waals surface area contributed by atoms with Crippen molar-refractivity contribution in [1.82, 2.24) is 9.38 Å². The number of carbonyl (C=O) groups excluding carboxylic acids is 1. The van der Waals surface area contributed by atoms with E-state index in [-0.39, 0.29) is 11.3 Å². The number of rotatable bonds is 4. The molecule has 27 heavy (non-hydrogen) atoms. The number of pyridine rings is 1.